The van der Waals surface area contributed by atoms with Gasteiger partial charge in [0, 0.05) is 13.5 Å². The number of carbonyl (C=O) groups excluding carboxylic acids is 3. The van der Waals surface area contributed by atoms with E-state index in [-0.39, 0.29) is 25.6 Å². The zero-order chi connectivity index (χ0) is 30.7. The predicted octanol–water partition coefficient (Wildman–Crippen LogP) is 2.51. The van der Waals surface area contributed by atoms with Crippen LogP contribution in [-0.4, -0.2) is 78.2 Å². The quantitative estimate of drug-likeness (QED) is 0.283. The Kier molecular flexibility index (Phi) is 11.3. The Balaban J connectivity index is 1.77. The topological polar surface area (TPSA) is 165 Å². The maximum atomic E-state index is 13.6. The average molecular weight is 585 g/mol. The van der Waals surface area contributed by atoms with Gasteiger partial charge in [-0.3, -0.25) is 14.4 Å². The number of hydrogen-bond donors (Lipinski definition) is 3. The normalized spacial score (nSPS) is 17.3. The van der Waals surface area contributed by atoms with Crippen molar-refractivity contribution in [2.45, 2.75) is 51.0 Å². The van der Waals surface area contributed by atoms with Gasteiger partial charge in [-0.15, -0.1) is 0 Å². The van der Waals surface area contributed by atoms with Crippen LogP contribution in [0.3, 0.4) is 0 Å². The van der Waals surface area contributed by atoms with Crippen LogP contribution in [-0.2, 0) is 35.4 Å². The van der Waals surface area contributed by atoms with E-state index in [0.717, 1.165) is 10.6 Å². The van der Waals surface area contributed by atoms with Gasteiger partial charge in [0.05, 0.1) is 25.3 Å². The van der Waals surface area contributed by atoms with Gasteiger partial charge in [0.15, 0.2) is 0 Å². The molecule has 0 spiro atoms. The van der Waals surface area contributed by atoms with E-state index in [1.807, 2.05) is 44.2 Å². The van der Waals surface area contributed by atoms with E-state index in [9.17, 15) is 24.3 Å². The molecule has 0 saturated carbocycles. The summed E-state index contributed by atoms with van der Waals surface area (Å²) in [6.45, 7) is 3.43. The number of para-hydroxylation sites is 1. The summed E-state index contributed by atoms with van der Waals surface area (Å²) in [6.07, 6.45) is -1.39. The molecule has 0 aliphatic carbocycles. The van der Waals surface area contributed by atoms with Crippen LogP contribution in [0.15, 0.2) is 65.8 Å². The third kappa shape index (κ3) is 8.67. The summed E-state index contributed by atoms with van der Waals surface area (Å²) in [6, 6.07) is 15.6. The summed E-state index contributed by atoms with van der Waals surface area (Å²) in [5, 5.41) is 19.9. The number of carboxylic acids is 1. The van der Waals surface area contributed by atoms with Gasteiger partial charge in [0.2, 0.25) is 5.91 Å². The number of ether oxygens (including phenoxy) is 2. The first kappa shape index (κ1) is 31.9. The maximum absolute atomic E-state index is 13.6. The molecule has 3 rings (SSSR count). The van der Waals surface area contributed by atoms with Gasteiger partial charge in [-0.1, -0.05) is 67.5 Å². The van der Waals surface area contributed by atoms with E-state index in [4.69, 9.17) is 19.1 Å². The second kappa shape index (κ2) is 14.8. The number of nitrogens with zero attached hydrogens (tertiary/aromatic N) is 2. The molecule has 3 amide bonds. The molecule has 1 aliphatic heterocycles. The summed E-state index contributed by atoms with van der Waals surface area (Å²) in [5.41, 5.74) is -0.652. The fourth-order valence-corrected chi connectivity index (χ4v) is 4.07. The number of aliphatic carboxylic acids is 1. The van der Waals surface area contributed by atoms with Crippen molar-refractivity contribution < 1.29 is 43.4 Å². The van der Waals surface area contributed by atoms with Gasteiger partial charge in [0.1, 0.15) is 25.0 Å². The zero-order valence-corrected chi connectivity index (χ0v) is 23.9. The van der Waals surface area contributed by atoms with Gasteiger partial charge in [-0.25, -0.2) is 14.7 Å². The van der Waals surface area contributed by atoms with Crippen molar-refractivity contribution in [1.29, 1.82) is 0 Å². The molecule has 13 heteroatoms. The first-order valence-corrected chi connectivity index (χ1v) is 13.3. The number of benzene rings is 2. The van der Waals surface area contributed by atoms with Crippen molar-refractivity contribution in [2.75, 3.05) is 20.8 Å². The summed E-state index contributed by atoms with van der Waals surface area (Å²) >= 11 is 0. The number of hydrogen-bond acceptors (Lipinski definition) is 9. The molecule has 0 aromatic heterocycles. The van der Waals surface area contributed by atoms with Crippen molar-refractivity contribution in [1.82, 2.24) is 15.7 Å². The standard InChI is InChI=1S/C29H36N4O9/c1-19(2)25(31-28(38)40-17-20-11-7-5-8-12-20)23-16-29(42-32-23,18-41-21-13-9-6-10-14-21)27(37)30-22(26(35)36)15-24(34)33(3)39-4/h5-14,19,22,25H,15-18H2,1-4H3,(H,30,37)(H,31,38)(H,35,36)/t22-,25?,29?/m0/s1. The second-order valence-corrected chi connectivity index (χ2v) is 10.0. The van der Waals surface area contributed by atoms with Crippen molar-refractivity contribution in [3.05, 3.63) is 66.2 Å². The molecule has 2 unspecified atom stereocenters. The molecule has 0 fully saturated rings. The second-order valence-electron chi connectivity index (χ2n) is 10.0. The number of hydroxylamine groups is 2. The van der Waals surface area contributed by atoms with E-state index in [1.54, 1.807) is 30.3 Å². The Hall–Kier alpha value is -4.65. The number of alkyl carbamates (subject to hydrolysis) is 1. The summed E-state index contributed by atoms with van der Waals surface area (Å²) in [4.78, 5) is 61.0. The molecule has 226 valence electrons. The van der Waals surface area contributed by atoms with Crippen LogP contribution < -0.4 is 15.4 Å². The lowest BCUT2D eigenvalue weighted by Gasteiger charge is -2.28. The van der Waals surface area contributed by atoms with Crippen molar-refractivity contribution >= 4 is 29.6 Å². The highest BCUT2D eigenvalue weighted by Gasteiger charge is 2.50. The van der Waals surface area contributed by atoms with Crippen LogP contribution in [0.25, 0.3) is 0 Å². The molecule has 13 nitrogen and oxygen atoms in total. The van der Waals surface area contributed by atoms with Crippen LogP contribution in [0.2, 0.25) is 0 Å². The van der Waals surface area contributed by atoms with Crippen LogP contribution in [0.5, 0.6) is 5.75 Å². The van der Waals surface area contributed by atoms with Gasteiger partial charge < -0.3 is 30.1 Å². The molecule has 2 aromatic rings. The lowest BCUT2D eigenvalue weighted by Crippen LogP contribution is -2.57. The number of carbonyl (C=O) groups is 4. The molecule has 42 heavy (non-hydrogen) atoms. The van der Waals surface area contributed by atoms with Crippen LogP contribution in [0.4, 0.5) is 4.79 Å². The minimum atomic E-state index is -1.79. The molecule has 0 radical (unpaired) electrons. The molecule has 3 N–H and O–H groups in total. The fraction of sp³-hybridized carbons (Fsp3) is 0.414. The molecule has 2 aromatic carbocycles. The Morgan fingerprint density at radius 1 is 1.05 bits per heavy atom. The van der Waals surface area contributed by atoms with E-state index in [0.29, 0.717) is 11.5 Å². The smallest absolute Gasteiger partial charge is 0.408 e. The highest BCUT2D eigenvalue weighted by atomic mass is 16.7. The summed E-state index contributed by atoms with van der Waals surface area (Å²) in [5.74, 6) is -2.69. The predicted molar refractivity (Wildman–Crippen MR) is 150 cm³/mol. The Morgan fingerprint density at radius 3 is 2.29 bits per heavy atom. The first-order valence-electron chi connectivity index (χ1n) is 13.3. The lowest BCUT2D eigenvalue weighted by molar-refractivity contribution is -0.171. The minimum absolute atomic E-state index is 0.0608. The zero-order valence-electron chi connectivity index (χ0n) is 23.9. The lowest BCUT2D eigenvalue weighted by atomic mass is 9.89. The SMILES string of the molecule is CON(C)C(=O)C[C@H](NC(=O)C1(COc2ccccc2)CC(C(NC(=O)OCc2ccccc2)C(C)C)=NO1)C(=O)O. The molecular formula is C29H36N4O9. The monoisotopic (exact) mass is 584 g/mol. The van der Waals surface area contributed by atoms with E-state index >= 15 is 0 Å². The Labute approximate surface area is 243 Å². The van der Waals surface area contributed by atoms with Crippen LogP contribution in [0, 0.1) is 5.92 Å². The average Bonchev–Trinajstić information content (AvgIpc) is 3.43. The van der Waals surface area contributed by atoms with Gasteiger partial charge in [0.25, 0.3) is 11.5 Å². The Morgan fingerprint density at radius 2 is 1.69 bits per heavy atom. The third-order valence-electron chi connectivity index (χ3n) is 6.55. The van der Waals surface area contributed by atoms with Crippen molar-refractivity contribution in [3.63, 3.8) is 0 Å². The van der Waals surface area contributed by atoms with Gasteiger partial charge in [-0.2, -0.15) is 0 Å². The van der Waals surface area contributed by atoms with E-state index in [2.05, 4.69) is 15.8 Å². The van der Waals surface area contributed by atoms with E-state index in [1.165, 1.54) is 14.2 Å². The molecule has 3 atom stereocenters. The highest BCUT2D eigenvalue weighted by molar-refractivity contribution is 6.01. The number of rotatable bonds is 14. The molecule has 1 aliphatic rings. The van der Waals surface area contributed by atoms with Gasteiger partial charge in [-0.05, 0) is 23.6 Å². The Bertz CT molecular complexity index is 1260. The molecule has 1 heterocycles. The molecule has 0 saturated heterocycles. The minimum Gasteiger partial charge on any atom is -0.489 e. The van der Waals surface area contributed by atoms with Crippen molar-refractivity contribution in [3.8, 4) is 5.75 Å². The maximum Gasteiger partial charge on any atom is 0.408 e. The first-order chi connectivity index (χ1) is 20.0. The summed E-state index contributed by atoms with van der Waals surface area (Å²) < 4.78 is 11.2. The fourth-order valence-electron chi connectivity index (χ4n) is 4.07. The number of nitrogens with one attached hydrogen (secondary N) is 2. The number of amides is 3. The van der Waals surface area contributed by atoms with E-state index < -0.39 is 48.0 Å². The number of carboxylic acid groups (broad SMARTS) is 1. The van der Waals surface area contributed by atoms with Crippen LogP contribution in [0.1, 0.15) is 32.3 Å². The van der Waals surface area contributed by atoms with Gasteiger partial charge >= 0.3 is 12.1 Å². The largest absolute Gasteiger partial charge is 0.489 e. The molecule has 0 bridgehead atoms. The van der Waals surface area contributed by atoms with Crippen LogP contribution >= 0.6 is 0 Å². The third-order valence-corrected chi connectivity index (χ3v) is 6.55. The highest BCUT2D eigenvalue weighted by Crippen LogP contribution is 2.29. The molecular weight excluding hydrogens is 548 g/mol. The summed E-state index contributed by atoms with van der Waals surface area (Å²) in [7, 11) is 2.58. The number of oxime groups is 1. The van der Waals surface area contributed by atoms with Crippen molar-refractivity contribution in [2.24, 2.45) is 11.1 Å².